The predicted octanol–water partition coefficient (Wildman–Crippen LogP) is 0.0957. The molecule has 38 heavy (non-hydrogen) atoms. The fourth-order valence-corrected chi connectivity index (χ4v) is 4.43. The van der Waals surface area contributed by atoms with E-state index < -0.39 is 6.04 Å². The van der Waals surface area contributed by atoms with E-state index in [1.54, 1.807) is 20.0 Å². The lowest BCUT2D eigenvalue weighted by atomic mass is 9.56. The summed E-state index contributed by atoms with van der Waals surface area (Å²) in [6.45, 7) is 6.22. The van der Waals surface area contributed by atoms with Crippen LogP contribution in [0.5, 0.6) is 0 Å². The molecule has 8 nitrogen and oxygen atoms in total. The van der Waals surface area contributed by atoms with Crippen LogP contribution in [-0.2, 0) is 31.0 Å². The van der Waals surface area contributed by atoms with Gasteiger partial charge in [-0.2, -0.15) is 0 Å². The maximum absolute atomic E-state index is 12.4. The molecule has 1 aliphatic rings. The summed E-state index contributed by atoms with van der Waals surface area (Å²) in [4.78, 5) is 38.6. The van der Waals surface area contributed by atoms with Gasteiger partial charge in [0.15, 0.2) is 0 Å². The zero-order valence-electron chi connectivity index (χ0n) is 23.5. The molecule has 1 aromatic rings. The van der Waals surface area contributed by atoms with Crippen molar-refractivity contribution in [1.82, 2.24) is 20.4 Å². The molecule has 204 valence electrons. The lowest BCUT2D eigenvalue weighted by molar-refractivity contribution is -0.125. The Morgan fingerprint density at radius 2 is 2.00 bits per heavy atom. The second kappa shape index (κ2) is 16.1. The molecule has 0 aliphatic carbocycles. The molecule has 2 rings (SSSR count). The van der Waals surface area contributed by atoms with Gasteiger partial charge in [0.2, 0.25) is 5.91 Å². The summed E-state index contributed by atoms with van der Waals surface area (Å²) in [5, 5.41) is 6.09. The molecule has 1 unspecified atom stereocenters. The summed E-state index contributed by atoms with van der Waals surface area (Å²) in [7, 11) is 7.98. The molecule has 0 bridgehead atoms. The quantitative estimate of drug-likeness (QED) is 0.147. The highest BCUT2D eigenvalue weighted by Gasteiger charge is 2.29. The molecule has 0 radical (unpaired) electrons. The number of likely N-dealkylation sites (N-methyl/N-ethyl adjacent to an activating group) is 2. The van der Waals surface area contributed by atoms with Gasteiger partial charge >= 0.3 is 0 Å². The van der Waals surface area contributed by atoms with Crippen molar-refractivity contribution in [3.63, 3.8) is 0 Å². The molecule has 1 aromatic carbocycles. The normalized spacial score (nSPS) is 16.4. The second-order valence-electron chi connectivity index (χ2n) is 10.1. The van der Waals surface area contributed by atoms with E-state index in [0.29, 0.717) is 31.5 Å². The predicted molar refractivity (Wildman–Crippen MR) is 157 cm³/mol. The molecule has 0 aromatic heterocycles. The van der Waals surface area contributed by atoms with Crippen LogP contribution in [0.4, 0.5) is 0 Å². The number of allylic oxidation sites excluding steroid dienone is 4. The summed E-state index contributed by atoms with van der Waals surface area (Å²) in [5.74, 6) is -0.114. The second-order valence-corrected chi connectivity index (χ2v) is 10.1. The van der Waals surface area contributed by atoms with E-state index >= 15 is 0 Å². The number of aldehydes is 2. The van der Waals surface area contributed by atoms with Gasteiger partial charge in [-0.3, -0.25) is 14.5 Å². The number of hydrogen-bond acceptors (Lipinski definition) is 7. The van der Waals surface area contributed by atoms with Crippen LogP contribution in [0.3, 0.4) is 0 Å². The highest BCUT2D eigenvalue weighted by atomic mass is 16.5. The van der Waals surface area contributed by atoms with Gasteiger partial charge in [0.1, 0.15) is 28.3 Å². The Labute approximate surface area is 229 Å². The number of morpholine rings is 1. The average Bonchev–Trinajstić information content (AvgIpc) is 2.94. The molecule has 1 heterocycles. The number of amides is 1. The van der Waals surface area contributed by atoms with Crippen LogP contribution in [0.25, 0.3) is 0 Å². The number of nitrogens with one attached hydrogen (secondary N) is 2. The van der Waals surface area contributed by atoms with Gasteiger partial charge in [-0.05, 0) is 54.6 Å². The SMILES string of the molecule is BC(B)(c1cccc(CNC(/C=C\C=C(/C)C=O)=C\CN(C)C(CCC=O)C(=O)NC)c1)N1CCOCC1. The molecule has 10 heteroatoms. The molecule has 1 amide bonds. The van der Waals surface area contributed by atoms with Crippen molar-refractivity contribution in [2.24, 2.45) is 0 Å². The van der Waals surface area contributed by atoms with E-state index in [1.807, 2.05) is 30.2 Å². The van der Waals surface area contributed by atoms with E-state index in [2.05, 4.69) is 55.5 Å². The Bertz CT molecular complexity index is 1020. The van der Waals surface area contributed by atoms with Gasteiger partial charge in [-0.25, -0.2) is 0 Å². The van der Waals surface area contributed by atoms with Gasteiger partial charge in [0, 0.05) is 45.3 Å². The maximum atomic E-state index is 12.4. The van der Waals surface area contributed by atoms with E-state index in [9.17, 15) is 14.4 Å². The minimum absolute atomic E-state index is 0.103. The van der Waals surface area contributed by atoms with Crippen molar-refractivity contribution in [3.05, 3.63) is 71.0 Å². The number of hydrogen-bond donors (Lipinski definition) is 2. The third-order valence-electron chi connectivity index (χ3n) is 6.99. The van der Waals surface area contributed by atoms with E-state index in [-0.39, 0.29) is 11.2 Å². The maximum Gasteiger partial charge on any atom is 0.237 e. The third kappa shape index (κ3) is 9.74. The van der Waals surface area contributed by atoms with Gasteiger partial charge in [-0.15, -0.1) is 0 Å². The fraction of sp³-hybridized carbons (Fsp3) is 0.464. The van der Waals surface area contributed by atoms with Crippen molar-refractivity contribution < 1.29 is 19.1 Å². The first-order valence-electron chi connectivity index (χ1n) is 13.2. The Morgan fingerprint density at radius 1 is 1.26 bits per heavy atom. The van der Waals surface area contributed by atoms with Crippen LogP contribution in [0, 0.1) is 0 Å². The molecule has 1 atom stereocenters. The van der Waals surface area contributed by atoms with Crippen molar-refractivity contribution in [1.29, 1.82) is 0 Å². The Balaban J connectivity index is 2.19. The number of carbonyl (C=O) groups excluding carboxylic acids is 3. The van der Waals surface area contributed by atoms with E-state index in [0.717, 1.165) is 50.1 Å². The smallest absolute Gasteiger partial charge is 0.237 e. The van der Waals surface area contributed by atoms with E-state index in [1.165, 1.54) is 5.56 Å². The highest BCUT2D eigenvalue weighted by molar-refractivity contribution is 6.39. The number of carbonyl (C=O) groups is 3. The molecular formula is C28H42B2N4O4. The first-order chi connectivity index (χ1) is 18.2. The Hall–Kier alpha value is -2.94. The largest absolute Gasteiger partial charge is 0.381 e. The molecule has 0 saturated carbocycles. The van der Waals surface area contributed by atoms with Crippen LogP contribution < -0.4 is 10.6 Å². The Morgan fingerprint density at radius 3 is 2.66 bits per heavy atom. The average molecular weight is 520 g/mol. The van der Waals surface area contributed by atoms with Gasteiger partial charge < -0.3 is 25.1 Å². The topological polar surface area (TPSA) is 91.0 Å². The van der Waals surface area contributed by atoms with E-state index in [4.69, 9.17) is 4.74 Å². The first kappa shape index (κ1) is 31.3. The summed E-state index contributed by atoms with van der Waals surface area (Å²) in [6.07, 6.45) is 9.96. The van der Waals surface area contributed by atoms with Crippen LogP contribution >= 0.6 is 0 Å². The zero-order valence-corrected chi connectivity index (χ0v) is 23.5. The van der Waals surface area contributed by atoms with Gasteiger partial charge in [0.25, 0.3) is 0 Å². The van der Waals surface area contributed by atoms with Gasteiger partial charge in [-0.1, -0.05) is 36.4 Å². The van der Waals surface area contributed by atoms with Crippen molar-refractivity contribution in [2.45, 2.75) is 37.7 Å². The number of benzene rings is 1. The molecule has 0 spiro atoms. The first-order valence-corrected chi connectivity index (χ1v) is 13.2. The molecular weight excluding hydrogens is 478 g/mol. The lowest BCUT2D eigenvalue weighted by Crippen LogP contribution is -2.52. The lowest BCUT2D eigenvalue weighted by Gasteiger charge is -2.42. The van der Waals surface area contributed by atoms with Gasteiger partial charge in [0.05, 0.1) is 19.3 Å². The molecule has 1 fully saturated rings. The molecule has 1 saturated heterocycles. The zero-order chi connectivity index (χ0) is 28.0. The highest BCUT2D eigenvalue weighted by Crippen LogP contribution is 2.24. The number of ether oxygens (including phenoxy) is 1. The van der Waals surface area contributed by atoms with Crippen molar-refractivity contribution >= 4 is 34.2 Å². The third-order valence-corrected chi connectivity index (χ3v) is 6.99. The molecule has 1 aliphatic heterocycles. The van der Waals surface area contributed by atoms with Crippen molar-refractivity contribution in [2.75, 3.05) is 46.9 Å². The number of nitrogens with zero attached hydrogens (tertiary/aromatic N) is 2. The summed E-state index contributed by atoms with van der Waals surface area (Å²) >= 11 is 0. The standard InChI is InChI=1S/C28H42B2N4O4/c1-22(21-36)7-4-10-25(12-13-33(3)26(11-6-16-35)27(37)31-2)32-20-23-8-5-9-24(19-23)28(29,30)34-14-17-38-18-15-34/h4-5,7-10,12,16,19,21,26,32H,6,11,13-15,17-18,20,29-30H2,1-3H3,(H,31,37)/b10-4-,22-7+,25-12-. The van der Waals surface area contributed by atoms with Crippen LogP contribution in [-0.4, -0.2) is 97.0 Å². The number of rotatable bonds is 15. The Kier molecular flexibility index (Phi) is 13.3. The van der Waals surface area contributed by atoms with Crippen LogP contribution in [0.1, 0.15) is 30.9 Å². The summed E-state index contributed by atoms with van der Waals surface area (Å²) < 4.78 is 5.54. The molecule has 2 N–H and O–H groups in total. The van der Waals surface area contributed by atoms with Crippen LogP contribution in [0.2, 0.25) is 0 Å². The minimum atomic E-state index is -0.400. The van der Waals surface area contributed by atoms with Crippen molar-refractivity contribution in [3.8, 4) is 0 Å². The summed E-state index contributed by atoms with van der Waals surface area (Å²) in [5.41, 5.74) is 3.91. The monoisotopic (exact) mass is 520 g/mol. The minimum Gasteiger partial charge on any atom is -0.381 e. The van der Waals surface area contributed by atoms with Crippen LogP contribution in [0.15, 0.2) is 59.8 Å². The summed E-state index contributed by atoms with van der Waals surface area (Å²) in [6, 6.07) is 8.22. The fourth-order valence-electron chi connectivity index (χ4n) is 4.43.